The lowest BCUT2D eigenvalue weighted by Crippen LogP contribution is -2.41. The average molecular weight is 422 g/mol. The van der Waals surface area contributed by atoms with Crippen LogP contribution < -0.4 is 14.9 Å². The molecule has 1 aliphatic heterocycles. The van der Waals surface area contributed by atoms with E-state index in [0.717, 1.165) is 57.2 Å². The molecule has 2 N–H and O–H groups in total. The van der Waals surface area contributed by atoms with Gasteiger partial charge in [-0.2, -0.15) is 0 Å². The van der Waals surface area contributed by atoms with E-state index in [1.54, 1.807) is 13.8 Å². The van der Waals surface area contributed by atoms with Crippen LogP contribution in [-0.2, 0) is 10.0 Å². The molecule has 164 valence electrons. The Morgan fingerprint density at radius 3 is 2.14 bits per heavy atom. The molecule has 1 aliphatic carbocycles. The molecule has 2 atom stereocenters. The van der Waals surface area contributed by atoms with Gasteiger partial charge in [0, 0.05) is 37.1 Å². The minimum absolute atomic E-state index is 0.104. The van der Waals surface area contributed by atoms with Gasteiger partial charge in [-0.3, -0.25) is 0 Å². The van der Waals surface area contributed by atoms with Gasteiger partial charge in [0.1, 0.15) is 0 Å². The first kappa shape index (κ1) is 22.4. The van der Waals surface area contributed by atoms with Gasteiger partial charge in [0.25, 0.3) is 0 Å². The Kier molecular flexibility index (Phi) is 7.49. The highest BCUT2D eigenvalue weighted by atomic mass is 32.2. The van der Waals surface area contributed by atoms with Crippen LogP contribution in [0.15, 0.2) is 24.3 Å². The zero-order chi connectivity index (χ0) is 21.0. The smallest absolute Gasteiger partial charge is 0.214 e. The molecule has 2 fully saturated rings. The SMILES string of the molecule is CC(C)S(=O)(=O)NC1CCC(CNc2ccc(N3C[C@H](C)C[C@@H](C)C3)cc2)CC1. The van der Waals surface area contributed by atoms with Gasteiger partial charge in [0.15, 0.2) is 0 Å². The third-order valence-corrected chi connectivity index (χ3v) is 8.40. The van der Waals surface area contributed by atoms with Gasteiger partial charge in [-0.25, -0.2) is 13.1 Å². The molecule has 0 spiro atoms. The Morgan fingerprint density at radius 1 is 1.00 bits per heavy atom. The van der Waals surface area contributed by atoms with E-state index in [1.165, 1.54) is 17.8 Å². The maximum Gasteiger partial charge on any atom is 0.214 e. The molecule has 1 aromatic carbocycles. The van der Waals surface area contributed by atoms with Crippen LogP contribution in [0.3, 0.4) is 0 Å². The van der Waals surface area contributed by atoms with Crippen LogP contribution in [0.25, 0.3) is 0 Å². The molecule has 0 aromatic heterocycles. The molecule has 6 heteroatoms. The average Bonchev–Trinajstić information content (AvgIpc) is 2.67. The van der Waals surface area contributed by atoms with Crippen LogP contribution in [0, 0.1) is 17.8 Å². The highest BCUT2D eigenvalue weighted by Gasteiger charge is 2.26. The number of anilines is 2. The molecule has 5 nitrogen and oxygen atoms in total. The van der Waals surface area contributed by atoms with Crippen LogP contribution in [0.1, 0.15) is 59.8 Å². The van der Waals surface area contributed by atoms with Crippen LogP contribution in [0.2, 0.25) is 0 Å². The van der Waals surface area contributed by atoms with Gasteiger partial charge in [0.2, 0.25) is 10.0 Å². The Bertz CT molecular complexity index is 730. The number of nitrogens with zero attached hydrogens (tertiary/aromatic N) is 1. The molecule has 1 saturated carbocycles. The fourth-order valence-electron chi connectivity index (χ4n) is 4.78. The van der Waals surface area contributed by atoms with Crippen molar-refractivity contribution in [3.8, 4) is 0 Å². The van der Waals surface area contributed by atoms with Gasteiger partial charge in [0.05, 0.1) is 5.25 Å². The van der Waals surface area contributed by atoms with Gasteiger partial charge >= 0.3 is 0 Å². The van der Waals surface area contributed by atoms with E-state index in [0.29, 0.717) is 5.92 Å². The van der Waals surface area contributed by atoms with Gasteiger partial charge in [-0.05, 0) is 88.0 Å². The van der Waals surface area contributed by atoms with Crippen molar-refractivity contribution in [3.63, 3.8) is 0 Å². The standard InChI is InChI=1S/C23H39N3O2S/c1-17(2)29(27,28)25-22-7-5-20(6-8-22)14-24-21-9-11-23(12-10-21)26-15-18(3)13-19(4)16-26/h9-12,17-20,22,24-25H,5-8,13-16H2,1-4H3/t18-,19-,20?,22?/m1/s1. The second-order valence-corrected chi connectivity index (χ2v) is 12.0. The third kappa shape index (κ3) is 6.35. The largest absolute Gasteiger partial charge is 0.385 e. The summed E-state index contributed by atoms with van der Waals surface area (Å²) in [7, 11) is -3.16. The molecular formula is C23H39N3O2S. The van der Waals surface area contributed by atoms with E-state index < -0.39 is 10.0 Å². The number of piperidine rings is 1. The van der Waals surface area contributed by atoms with Crippen molar-refractivity contribution < 1.29 is 8.42 Å². The summed E-state index contributed by atoms with van der Waals surface area (Å²) in [5, 5.41) is 3.23. The molecule has 1 aromatic rings. The highest BCUT2D eigenvalue weighted by molar-refractivity contribution is 7.90. The molecule has 0 unspecified atom stereocenters. The number of nitrogens with one attached hydrogen (secondary N) is 2. The molecule has 0 radical (unpaired) electrons. The van der Waals surface area contributed by atoms with Gasteiger partial charge in [-0.15, -0.1) is 0 Å². The second kappa shape index (κ2) is 9.69. The van der Waals surface area contributed by atoms with Crippen molar-refractivity contribution in [2.24, 2.45) is 17.8 Å². The summed E-state index contributed by atoms with van der Waals surface area (Å²) in [5.41, 5.74) is 2.50. The van der Waals surface area contributed by atoms with E-state index in [1.807, 2.05) is 0 Å². The maximum atomic E-state index is 12.0. The van der Waals surface area contributed by atoms with E-state index in [9.17, 15) is 8.42 Å². The zero-order valence-corrected chi connectivity index (χ0v) is 19.3. The number of benzene rings is 1. The van der Waals surface area contributed by atoms with Crippen molar-refractivity contribution >= 4 is 21.4 Å². The van der Waals surface area contributed by atoms with E-state index >= 15 is 0 Å². The summed E-state index contributed by atoms with van der Waals surface area (Å²) in [6.07, 6.45) is 5.34. The second-order valence-electron chi connectivity index (χ2n) is 9.71. The fraction of sp³-hybridized carbons (Fsp3) is 0.739. The van der Waals surface area contributed by atoms with Crippen molar-refractivity contribution in [1.29, 1.82) is 0 Å². The zero-order valence-electron chi connectivity index (χ0n) is 18.5. The molecule has 3 rings (SSSR count). The molecule has 2 aliphatic rings. The fourth-order valence-corrected chi connectivity index (χ4v) is 5.75. The van der Waals surface area contributed by atoms with E-state index in [-0.39, 0.29) is 11.3 Å². The number of hydrogen-bond donors (Lipinski definition) is 2. The third-order valence-electron chi connectivity index (χ3n) is 6.49. The lowest BCUT2D eigenvalue weighted by molar-refractivity contribution is 0.323. The first-order valence-electron chi connectivity index (χ1n) is 11.3. The van der Waals surface area contributed by atoms with Crippen LogP contribution in [0.4, 0.5) is 11.4 Å². The summed E-state index contributed by atoms with van der Waals surface area (Å²) in [4.78, 5) is 2.52. The Balaban J connectivity index is 1.43. The van der Waals surface area contributed by atoms with Crippen molar-refractivity contribution in [2.75, 3.05) is 29.9 Å². The predicted molar refractivity (Wildman–Crippen MR) is 123 cm³/mol. The summed E-state index contributed by atoms with van der Waals surface area (Å²) in [5.74, 6) is 2.13. The molecule has 1 saturated heterocycles. The predicted octanol–water partition coefficient (Wildman–Crippen LogP) is 4.47. The van der Waals surface area contributed by atoms with Gasteiger partial charge < -0.3 is 10.2 Å². The van der Waals surface area contributed by atoms with Crippen LogP contribution >= 0.6 is 0 Å². The molecule has 1 heterocycles. The quantitative estimate of drug-likeness (QED) is 0.682. The Hall–Kier alpha value is -1.27. The van der Waals surface area contributed by atoms with E-state index in [4.69, 9.17) is 0 Å². The number of hydrogen-bond acceptors (Lipinski definition) is 4. The molecule has 0 amide bonds. The van der Waals surface area contributed by atoms with E-state index in [2.05, 4.69) is 53.1 Å². The van der Waals surface area contributed by atoms with Crippen molar-refractivity contribution in [3.05, 3.63) is 24.3 Å². The highest BCUT2D eigenvalue weighted by Crippen LogP contribution is 2.28. The monoisotopic (exact) mass is 421 g/mol. The maximum absolute atomic E-state index is 12.0. The van der Waals surface area contributed by atoms with Crippen LogP contribution in [0.5, 0.6) is 0 Å². The lowest BCUT2D eigenvalue weighted by atomic mass is 9.86. The summed E-state index contributed by atoms with van der Waals surface area (Å²) < 4.78 is 27.0. The summed E-state index contributed by atoms with van der Waals surface area (Å²) in [6.45, 7) is 11.4. The van der Waals surface area contributed by atoms with Crippen molar-refractivity contribution in [1.82, 2.24) is 4.72 Å². The van der Waals surface area contributed by atoms with Crippen molar-refractivity contribution in [2.45, 2.75) is 71.1 Å². The number of sulfonamides is 1. The number of rotatable bonds is 7. The van der Waals surface area contributed by atoms with Crippen LogP contribution in [-0.4, -0.2) is 39.3 Å². The first-order valence-corrected chi connectivity index (χ1v) is 12.9. The van der Waals surface area contributed by atoms with Gasteiger partial charge in [-0.1, -0.05) is 13.8 Å². The Labute approximate surface area is 177 Å². The molecular weight excluding hydrogens is 382 g/mol. The first-order chi connectivity index (χ1) is 13.7. The minimum Gasteiger partial charge on any atom is -0.385 e. The Morgan fingerprint density at radius 2 is 1.59 bits per heavy atom. The summed E-state index contributed by atoms with van der Waals surface area (Å²) >= 11 is 0. The molecule has 0 bridgehead atoms. The summed E-state index contributed by atoms with van der Waals surface area (Å²) in [6, 6.07) is 8.98. The normalized spacial score (nSPS) is 28.5. The minimum atomic E-state index is -3.16. The topological polar surface area (TPSA) is 61.4 Å². The molecule has 29 heavy (non-hydrogen) atoms. The lowest BCUT2D eigenvalue weighted by Gasteiger charge is -2.36.